The summed E-state index contributed by atoms with van der Waals surface area (Å²) in [6.07, 6.45) is 0.362. The maximum atomic E-state index is 13.0. The van der Waals surface area contributed by atoms with Crippen LogP contribution in [0.15, 0.2) is 53.6 Å². The van der Waals surface area contributed by atoms with Gasteiger partial charge in [0, 0.05) is 24.2 Å². The lowest BCUT2D eigenvalue weighted by Gasteiger charge is -2.23. The Bertz CT molecular complexity index is 943. The van der Waals surface area contributed by atoms with Crippen LogP contribution in [0.4, 0.5) is 20.6 Å². The van der Waals surface area contributed by atoms with Crippen molar-refractivity contribution in [1.29, 1.82) is 0 Å². The molecule has 9 heteroatoms. The third-order valence-electron chi connectivity index (χ3n) is 4.00. The van der Waals surface area contributed by atoms with Crippen LogP contribution in [0.1, 0.15) is 18.4 Å². The van der Waals surface area contributed by atoms with E-state index in [1.807, 2.05) is 0 Å². The van der Waals surface area contributed by atoms with Gasteiger partial charge in [0.2, 0.25) is 5.91 Å². The third-order valence-corrected chi connectivity index (χ3v) is 4.00. The lowest BCUT2D eigenvalue weighted by atomic mass is 10.1. The summed E-state index contributed by atoms with van der Waals surface area (Å²) in [5.41, 5.74) is 6.86. The number of benzene rings is 2. The minimum Gasteiger partial charge on any atom is -0.351 e. The molecule has 0 bridgehead atoms. The number of amides is 4. The van der Waals surface area contributed by atoms with Crippen LogP contribution in [0.3, 0.4) is 0 Å². The smallest absolute Gasteiger partial charge is 0.316 e. The molecule has 4 amide bonds. The molecule has 2 aromatic rings. The number of hydrazone groups is 1. The number of nitrogens with one attached hydrogen (secondary N) is 2. The fourth-order valence-electron chi connectivity index (χ4n) is 2.67. The molecule has 0 atom stereocenters. The largest absolute Gasteiger partial charge is 0.351 e. The van der Waals surface area contributed by atoms with Crippen molar-refractivity contribution in [3.8, 4) is 0 Å². The van der Waals surface area contributed by atoms with E-state index in [1.54, 1.807) is 36.4 Å². The zero-order chi connectivity index (χ0) is 20.1. The van der Waals surface area contributed by atoms with Crippen LogP contribution in [0, 0.1) is 5.82 Å². The predicted molar refractivity (Wildman–Crippen MR) is 102 cm³/mol. The molecule has 144 valence electrons. The van der Waals surface area contributed by atoms with Gasteiger partial charge in [-0.15, -0.1) is 0 Å². The molecule has 1 aliphatic heterocycles. The normalized spacial score (nSPS) is 13.7. The number of carbonyl (C=O) groups is 3. The first-order valence-corrected chi connectivity index (χ1v) is 8.51. The van der Waals surface area contributed by atoms with Crippen LogP contribution in [0.25, 0.3) is 0 Å². The summed E-state index contributed by atoms with van der Waals surface area (Å²) < 4.78 is 13.0. The van der Waals surface area contributed by atoms with Gasteiger partial charge in [0.05, 0.1) is 6.54 Å². The minimum absolute atomic E-state index is 0.147. The van der Waals surface area contributed by atoms with Crippen LogP contribution >= 0.6 is 0 Å². The van der Waals surface area contributed by atoms with Crippen LogP contribution in [-0.4, -0.2) is 28.6 Å². The molecule has 8 nitrogen and oxygen atoms in total. The first kappa shape index (κ1) is 19.0. The quantitative estimate of drug-likeness (QED) is 0.736. The first-order chi connectivity index (χ1) is 13.4. The Balaban J connectivity index is 1.71. The van der Waals surface area contributed by atoms with Crippen LogP contribution < -0.4 is 16.4 Å². The molecule has 1 heterocycles. The van der Waals surface area contributed by atoms with Crippen molar-refractivity contribution in [3.05, 3.63) is 59.9 Å². The topological polar surface area (TPSA) is 117 Å². The van der Waals surface area contributed by atoms with Gasteiger partial charge < -0.3 is 16.4 Å². The molecule has 0 aliphatic carbocycles. The summed E-state index contributed by atoms with van der Waals surface area (Å²) in [7, 11) is 0. The highest BCUT2D eigenvalue weighted by molar-refractivity contribution is 6.43. The van der Waals surface area contributed by atoms with Crippen molar-refractivity contribution >= 4 is 34.9 Å². The molecular weight excluding hydrogens is 365 g/mol. The van der Waals surface area contributed by atoms with E-state index in [1.165, 1.54) is 17.1 Å². The fourth-order valence-corrected chi connectivity index (χ4v) is 2.67. The molecule has 0 unspecified atom stereocenters. The minimum atomic E-state index is -0.713. The summed E-state index contributed by atoms with van der Waals surface area (Å²) in [5, 5.41) is 10.5. The van der Waals surface area contributed by atoms with Crippen molar-refractivity contribution in [2.75, 3.05) is 10.6 Å². The molecule has 1 aliphatic rings. The highest BCUT2D eigenvalue weighted by atomic mass is 19.1. The molecule has 0 radical (unpaired) electrons. The maximum Gasteiger partial charge on any atom is 0.316 e. The molecule has 2 aromatic carbocycles. The second kappa shape index (κ2) is 8.30. The first-order valence-electron chi connectivity index (χ1n) is 8.51. The van der Waals surface area contributed by atoms with E-state index in [4.69, 9.17) is 5.73 Å². The summed E-state index contributed by atoms with van der Waals surface area (Å²) in [6.45, 7) is 0.147. The summed E-state index contributed by atoms with van der Waals surface area (Å²) >= 11 is 0. The van der Waals surface area contributed by atoms with E-state index in [9.17, 15) is 18.8 Å². The second-order valence-electron chi connectivity index (χ2n) is 6.15. The number of hydrogen-bond acceptors (Lipinski definition) is 4. The summed E-state index contributed by atoms with van der Waals surface area (Å²) in [5.74, 6) is -1.04. The highest BCUT2D eigenvalue weighted by Gasteiger charge is 2.24. The van der Waals surface area contributed by atoms with E-state index >= 15 is 0 Å². The number of urea groups is 1. The Morgan fingerprint density at radius 3 is 2.43 bits per heavy atom. The number of rotatable bonds is 5. The Morgan fingerprint density at radius 2 is 1.75 bits per heavy atom. The molecular formula is C19H18FN5O3. The van der Waals surface area contributed by atoms with Gasteiger partial charge in [-0.25, -0.2) is 14.2 Å². The lowest BCUT2D eigenvalue weighted by molar-refractivity contribution is -0.132. The number of hydrogen-bond donors (Lipinski definition) is 3. The van der Waals surface area contributed by atoms with Crippen molar-refractivity contribution in [3.63, 3.8) is 0 Å². The standard InChI is InChI=1S/C19H18FN5O3/c20-13-6-4-12(5-7-13)11-25-17(26)9-8-16(24-25)18(27)22-14-2-1-3-15(10-14)23-19(21)28/h1-7,10H,8-9,11H2,(H,22,27)(H3,21,23,28). The van der Waals surface area contributed by atoms with Gasteiger partial charge in [0.1, 0.15) is 11.5 Å². The zero-order valence-electron chi connectivity index (χ0n) is 14.8. The van der Waals surface area contributed by atoms with Gasteiger partial charge in [-0.3, -0.25) is 9.59 Å². The Kier molecular flexibility index (Phi) is 5.64. The Labute approximate surface area is 160 Å². The van der Waals surface area contributed by atoms with Gasteiger partial charge in [-0.2, -0.15) is 5.10 Å². The number of carbonyl (C=O) groups excluding carboxylic acids is 3. The van der Waals surface area contributed by atoms with E-state index in [2.05, 4.69) is 15.7 Å². The lowest BCUT2D eigenvalue weighted by Crippen LogP contribution is -2.36. The van der Waals surface area contributed by atoms with Crippen LogP contribution in [0.5, 0.6) is 0 Å². The van der Waals surface area contributed by atoms with Crippen molar-refractivity contribution in [2.45, 2.75) is 19.4 Å². The van der Waals surface area contributed by atoms with E-state index in [-0.39, 0.29) is 36.8 Å². The monoisotopic (exact) mass is 383 g/mol. The average Bonchev–Trinajstić information content (AvgIpc) is 2.65. The Morgan fingerprint density at radius 1 is 1.07 bits per heavy atom. The number of nitrogens with two attached hydrogens (primary N) is 1. The molecule has 0 spiro atoms. The predicted octanol–water partition coefficient (Wildman–Crippen LogP) is 2.43. The number of nitrogens with zero attached hydrogens (tertiary/aromatic N) is 2. The van der Waals surface area contributed by atoms with E-state index < -0.39 is 11.9 Å². The number of halogens is 1. The van der Waals surface area contributed by atoms with Gasteiger partial charge >= 0.3 is 6.03 Å². The third kappa shape index (κ3) is 4.91. The van der Waals surface area contributed by atoms with Gasteiger partial charge in [0.15, 0.2) is 0 Å². The second-order valence-corrected chi connectivity index (χ2v) is 6.15. The maximum absolute atomic E-state index is 13.0. The number of primary amides is 1. The van der Waals surface area contributed by atoms with Crippen LogP contribution in [0.2, 0.25) is 0 Å². The average molecular weight is 383 g/mol. The van der Waals surface area contributed by atoms with Crippen molar-refractivity contribution in [1.82, 2.24) is 5.01 Å². The van der Waals surface area contributed by atoms with E-state index in [0.29, 0.717) is 16.9 Å². The Hall–Kier alpha value is -3.75. The molecule has 4 N–H and O–H groups in total. The molecule has 28 heavy (non-hydrogen) atoms. The zero-order valence-corrected chi connectivity index (χ0v) is 14.8. The van der Waals surface area contributed by atoms with Crippen molar-refractivity contribution in [2.24, 2.45) is 10.8 Å². The number of anilines is 2. The van der Waals surface area contributed by atoms with Crippen molar-refractivity contribution < 1.29 is 18.8 Å². The molecule has 0 saturated heterocycles. The van der Waals surface area contributed by atoms with E-state index in [0.717, 1.165) is 0 Å². The van der Waals surface area contributed by atoms with Gasteiger partial charge in [0.25, 0.3) is 5.91 Å². The molecule has 0 fully saturated rings. The molecule has 0 saturated carbocycles. The molecule has 0 aromatic heterocycles. The summed E-state index contributed by atoms with van der Waals surface area (Å²) in [4.78, 5) is 35.5. The highest BCUT2D eigenvalue weighted by Crippen LogP contribution is 2.18. The van der Waals surface area contributed by atoms with Crippen LogP contribution in [-0.2, 0) is 16.1 Å². The SMILES string of the molecule is NC(=O)Nc1cccc(NC(=O)C2=NN(Cc3ccc(F)cc3)C(=O)CC2)c1. The summed E-state index contributed by atoms with van der Waals surface area (Å²) in [6, 6.07) is 11.5. The van der Waals surface area contributed by atoms with Gasteiger partial charge in [-0.05, 0) is 35.9 Å². The molecule has 3 rings (SSSR count). The fraction of sp³-hybridized carbons (Fsp3) is 0.158. The van der Waals surface area contributed by atoms with Gasteiger partial charge in [-0.1, -0.05) is 18.2 Å².